The number of carbonyl (C=O) groups is 2. The first-order chi connectivity index (χ1) is 21.6. The monoisotopic (exact) mass is 634 g/mol. The summed E-state index contributed by atoms with van der Waals surface area (Å²) in [5, 5.41) is 0. The Hall–Kier alpha value is -1.81. The van der Waals surface area contributed by atoms with Crippen LogP contribution < -0.4 is 0 Å². The van der Waals surface area contributed by atoms with Gasteiger partial charge in [-0.05, 0) is 77.0 Å². The topological polar surface area (TPSA) is 52.6 Å². The lowest BCUT2D eigenvalue weighted by atomic mass is 10.1. The fourth-order valence-electron chi connectivity index (χ4n) is 4.77. The van der Waals surface area contributed by atoms with Gasteiger partial charge in [-0.25, -0.2) is 0 Å². The Kier molecular flexibility index (Phi) is 34.2. The summed E-state index contributed by atoms with van der Waals surface area (Å²) in [6.45, 7) is 4.51. The Bertz CT molecular complexity index is 755. The van der Waals surface area contributed by atoms with Crippen molar-refractivity contribution in [1.82, 2.24) is 0 Å². The highest BCUT2D eigenvalue weighted by Crippen LogP contribution is 2.11. The van der Waals surface area contributed by atoms with Gasteiger partial charge in [-0.1, -0.05) is 127 Å². The summed E-state index contributed by atoms with van der Waals surface area (Å²) in [4.78, 5) is 24.3. The molecule has 0 saturated heterocycles. The quantitative estimate of drug-likeness (QED) is 0.0319. The molecule has 0 bridgehead atoms. The first-order valence-corrected chi connectivity index (χ1v) is 18.7. The molecule has 44 heavy (non-hydrogen) atoms. The predicted molar refractivity (Wildman–Crippen MR) is 190 cm³/mol. The zero-order valence-corrected chi connectivity index (χ0v) is 29.3. The van der Waals surface area contributed by atoms with Crippen LogP contribution in [0.3, 0.4) is 0 Å². The van der Waals surface area contributed by atoms with Crippen LogP contribution in [0.4, 0.5) is 0 Å². The summed E-state index contributed by atoms with van der Waals surface area (Å²) in [7, 11) is 0. The van der Waals surface area contributed by atoms with Gasteiger partial charge in [0.05, 0.1) is 5.88 Å². The van der Waals surface area contributed by atoms with Gasteiger partial charge in [-0.3, -0.25) is 9.59 Å². The van der Waals surface area contributed by atoms with E-state index in [9.17, 15) is 9.59 Å². The fraction of sp³-hybridized carbons (Fsp3) is 0.744. The molecule has 5 heteroatoms. The Morgan fingerprint density at radius 2 is 0.909 bits per heavy atom. The van der Waals surface area contributed by atoms with Crippen molar-refractivity contribution >= 4 is 23.5 Å². The molecule has 0 amide bonds. The lowest BCUT2D eigenvalue weighted by Crippen LogP contribution is -2.26. The van der Waals surface area contributed by atoms with Crippen LogP contribution in [0.5, 0.6) is 0 Å². The van der Waals surface area contributed by atoms with Crippen molar-refractivity contribution in [2.24, 2.45) is 0 Å². The zero-order chi connectivity index (χ0) is 32.2. The average molecular weight is 635 g/mol. The highest BCUT2D eigenvalue weighted by Gasteiger charge is 2.16. The van der Waals surface area contributed by atoms with E-state index in [1.54, 1.807) is 0 Å². The van der Waals surface area contributed by atoms with E-state index >= 15 is 0 Å². The second-order valence-electron chi connectivity index (χ2n) is 11.9. The molecule has 0 aromatic rings. The molecule has 1 unspecified atom stereocenters. The van der Waals surface area contributed by atoms with Crippen molar-refractivity contribution in [3.63, 3.8) is 0 Å². The number of carbonyl (C=O) groups excluding carboxylic acids is 2. The Labute approximate surface area is 277 Å². The van der Waals surface area contributed by atoms with Gasteiger partial charge in [0.15, 0.2) is 0 Å². The van der Waals surface area contributed by atoms with Gasteiger partial charge in [-0.2, -0.15) is 0 Å². The van der Waals surface area contributed by atoms with Crippen LogP contribution in [-0.4, -0.2) is 30.5 Å². The van der Waals surface area contributed by atoms with Gasteiger partial charge >= 0.3 is 11.9 Å². The molecule has 0 aromatic carbocycles. The normalized spacial score (nSPS) is 12.7. The number of esters is 2. The molecule has 0 N–H and O–H groups in total. The van der Waals surface area contributed by atoms with E-state index < -0.39 is 6.10 Å². The van der Waals surface area contributed by atoms with Crippen molar-refractivity contribution < 1.29 is 19.1 Å². The minimum absolute atomic E-state index is 0.0382. The standard InChI is InChI=1S/C39H67ClO4/c1-3-5-7-9-11-13-15-17-19-21-23-25-27-29-31-33-38(41)43-36-37(35-40)44-39(42)34-32-30-28-26-24-22-20-18-16-14-12-10-8-6-4-2/h11-14,17-20,37H,3-10,15-16,21-36H2,1-2H3. The number of ether oxygens (including phenoxy) is 2. The van der Waals surface area contributed by atoms with E-state index in [4.69, 9.17) is 21.1 Å². The molecule has 0 fully saturated rings. The van der Waals surface area contributed by atoms with Crippen molar-refractivity contribution in [3.05, 3.63) is 48.6 Å². The second-order valence-corrected chi connectivity index (χ2v) is 12.2. The van der Waals surface area contributed by atoms with E-state index in [0.717, 1.165) is 64.2 Å². The van der Waals surface area contributed by atoms with Crippen LogP contribution in [0.25, 0.3) is 0 Å². The van der Waals surface area contributed by atoms with Gasteiger partial charge in [0.2, 0.25) is 0 Å². The number of alkyl halides is 1. The lowest BCUT2D eigenvalue weighted by Gasteiger charge is -2.15. The molecular formula is C39H67ClO4. The van der Waals surface area contributed by atoms with Gasteiger partial charge in [0, 0.05) is 12.8 Å². The number of hydrogen-bond donors (Lipinski definition) is 0. The van der Waals surface area contributed by atoms with Crippen LogP contribution in [0.2, 0.25) is 0 Å². The van der Waals surface area contributed by atoms with Crippen LogP contribution in [0.15, 0.2) is 48.6 Å². The first kappa shape index (κ1) is 42.2. The van der Waals surface area contributed by atoms with E-state index in [-0.39, 0.29) is 24.4 Å². The van der Waals surface area contributed by atoms with E-state index in [1.165, 1.54) is 77.0 Å². The van der Waals surface area contributed by atoms with Gasteiger partial charge in [0.25, 0.3) is 0 Å². The second kappa shape index (κ2) is 35.7. The molecule has 0 aliphatic carbocycles. The summed E-state index contributed by atoms with van der Waals surface area (Å²) in [6, 6.07) is 0. The summed E-state index contributed by atoms with van der Waals surface area (Å²) in [6.07, 6.45) is 43.7. The van der Waals surface area contributed by atoms with Crippen LogP contribution in [0, 0.1) is 0 Å². The lowest BCUT2D eigenvalue weighted by molar-refractivity contribution is -0.157. The number of hydrogen-bond acceptors (Lipinski definition) is 4. The molecule has 254 valence electrons. The molecular weight excluding hydrogens is 568 g/mol. The third kappa shape index (κ3) is 33.1. The molecule has 0 saturated carbocycles. The maximum absolute atomic E-state index is 12.2. The molecule has 0 spiro atoms. The minimum Gasteiger partial charge on any atom is -0.462 e. The molecule has 0 rings (SSSR count). The van der Waals surface area contributed by atoms with Gasteiger partial charge in [-0.15, -0.1) is 11.6 Å². The minimum atomic E-state index is -0.573. The van der Waals surface area contributed by atoms with Crippen molar-refractivity contribution in [2.75, 3.05) is 12.5 Å². The molecule has 0 aliphatic heterocycles. The van der Waals surface area contributed by atoms with Gasteiger partial charge < -0.3 is 9.47 Å². The summed E-state index contributed by atoms with van der Waals surface area (Å²) in [5.41, 5.74) is 0. The molecule has 0 heterocycles. The van der Waals surface area contributed by atoms with Crippen LogP contribution in [0.1, 0.15) is 168 Å². The summed E-state index contributed by atoms with van der Waals surface area (Å²) < 4.78 is 10.8. The Morgan fingerprint density at radius 3 is 1.34 bits per heavy atom. The Balaban J connectivity index is 3.64. The average Bonchev–Trinajstić information content (AvgIpc) is 3.02. The molecule has 0 radical (unpaired) electrons. The SMILES string of the molecule is CCCCCC=CCC=CCCCCCCCC(=O)OCC(CCl)OC(=O)CCCCCCCC=CCC=CCCCCC. The maximum atomic E-state index is 12.2. The summed E-state index contributed by atoms with van der Waals surface area (Å²) in [5.74, 6) is -0.369. The van der Waals surface area contributed by atoms with E-state index in [0.29, 0.717) is 12.8 Å². The predicted octanol–water partition coefficient (Wildman–Crippen LogP) is 12.3. The molecule has 0 aromatic heterocycles. The smallest absolute Gasteiger partial charge is 0.306 e. The Morgan fingerprint density at radius 1 is 0.523 bits per heavy atom. The zero-order valence-electron chi connectivity index (χ0n) is 28.6. The third-order valence-corrected chi connectivity index (χ3v) is 7.91. The largest absolute Gasteiger partial charge is 0.462 e. The number of rotatable bonds is 32. The van der Waals surface area contributed by atoms with Gasteiger partial charge in [0.1, 0.15) is 12.7 Å². The van der Waals surface area contributed by atoms with Crippen molar-refractivity contribution in [1.29, 1.82) is 0 Å². The fourth-order valence-corrected chi connectivity index (χ4v) is 4.93. The van der Waals surface area contributed by atoms with Crippen LogP contribution >= 0.6 is 11.6 Å². The number of halogens is 1. The number of allylic oxidation sites excluding steroid dienone is 8. The van der Waals surface area contributed by atoms with Crippen LogP contribution in [-0.2, 0) is 19.1 Å². The maximum Gasteiger partial charge on any atom is 0.306 e. The molecule has 4 nitrogen and oxygen atoms in total. The van der Waals surface area contributed by atoms with Crippen molar-refractivity contribution in [3.8, 4) is 0 Å². The van der Waals surface area contributed by atoms with E-state index in [2.05, 4.69) is 62.5 Å². The van der Waals surface area contributed by atoms with Crippen molar-refractivity contribution in [2.45, 2.75) is 174 Å². The molecule has 0 aliphatic rings. The first-order valence-electron chi connectivity index (χ1n) is 18.1. The highest BCUT2D eigenvalue weighted by atomic mass is 35.5. The summed E-state index contributed by atoms with van der Waals surface area (Å²) >= 11 is 5.95. The molecule has 1 atom stereocenters. The third-order valence-electron chi connectivity index (χ3n) is 7.56. The van der Waals surface area contributed by atoms with E-state index in [1.807, 2.05) is 0 Å². The number of unbranched alkanes of at least 4 members (excludes halogenated alkanes) is 16. The highest BCUT2D eigenvalue weighted by molar-refractivity contribution is 6.18.